The molecule has 5 rings (SSSR count). The molecule has 8 nitrogen and oxygen atoms in total. The first-order valence-corrected chi connectivity index (χ1v) is 10.5. The lowest BCUT2D eigenvalue weighted by Gasteiger charge is -2.07. The standard InChI is InChI=1S/C23H16N6O2S/c1-2-19(30)28-15-4-3-5-16(10-15)31-20-13-27-22-21(29-20)17(12-26-22)14-6-7-18(25-11-14)23-24-8-9-32-23/h2-13H,1H2,(H,26,27)(H,28,30). The van der Waals surface area contributed by atoms with Gasteiger partial charge in [0, 0.05) is 46.9 Å². The average molecular weight is 440 g/mol. The Labute approximate surface area is 186 Å². The van der Waals surface area contributed by atoms with Gasteiger partial charge in [0.2, 0.25) is 11.8 Å². The normalized spacial score (nSPS) is 10.8. The minimum absolute atomic E-state index is 0.296. The zero-order chi connectivity index (χ0) is 21.9. The van der Waals surface area contributed by atoms with E-state index in [9.17, 15) is 4.79 Å². The predicted octanol–water partition coefficient (Wildman–Crippen LogP) is 5.06. The van der Waals surface area contributed by atoms with Crippen LogP contribution in [0.1, 0.15) is 0 Å². The van der Waals surface area contributed by atoms with Crippen molar-refractivity contribution in [3.8, 4) is 33.5 Å². The molecule has 0 aliphatic rings. The van der Waals surface area contributed by atoms with Gasteiger partial charge >= 0.3 is 0 Å². The summed E-state index contributed by atoms with van der Waals surface area (Å²) in [5.74, 6) is 0.555. The number of fused-ring (bicyclic) bond motifs is 1. The van der Waals surface area contributed by atoms with Crippen LogP contribution in [0.2, 0.25) is 0 Å². The molecule has 0 aliphatic heterocycles. The number of anilines is 1. The van der Waals surface area contributed by atoms with Crippen LogP contribution in [0.3, 0.4) is 0 Å². The highest BCUT2D eigenvalue weighted by atomic mass is 32.1. The van der Waals surface area contributed by atoms with E-state index in [1.54, 1.807) is 54.2 Å². The number of rotatable bonds is 6. The van der Waals surface area contributed by atoms with Crippen LogP contribution in [0.25, 0.3) is 33.0 Å². The minimum Gasteiger partial charge on any atom is -0.437 e. The van der Waals surface area contributed by atoms with Gasteiger partial charge in [0.1, 0.15) is 16.3 Å². The Morgan fingerprint density at radius 2 is 2.09 bits per heavy atom. The summed E-state index contributed by atoms with van der Waals surface area (Å²) in [5.41, 5.74) is 4.49. The lowest BCUT2D eigenvalue weighted by atomic mass is 10.1. The molecule has 0 aliphatic carbocycles. The summed E-state index contributed by atoms with van der Waals surface area (Å²) in [6.45, 7) is 3.45. The van der Waals surface area contributed by atoms with Crippen LogP contribution < -0.4 is 10.1 Å². The summed E-state index contributed by atoms with van der Waals surface area (Å²) in [4.78, 5) is 32.5. The number of nitrogens with zero attached hydrogens (tertiary/aromatic N) is 4. The fourth-order valence-corrected chi connectivity index (χ4v) is 3.74. The third-order valence-electron chi connectivity index (χ3n) is 4.59. The topological polar surface area (TPSA) is 106 Å². The van der Waals surface area contributed by atoms with Crippen LogP contribution >= 0.6 is 11.3 Å². The Morgan fingerprint density at radius 3 is 2.88 bits per heavy atom. The molecule has 1 amide bonds. The van der Waals surface area contributed by atoms with Crippen LogP contribution in [0.5, 0.6) is 11.6 Å². The summed E-state index contributed by atoms with van der Waals surface area (Å²) in [7, 11) is 0. The first-order chi connectivity index (χ1) is 15.7. The Hall–Kier alpha value is -4.37. The van der Waals surface area contributed by atoms with Gasteiger partial charge in [-0.25, -0.2) is 15.0 Å². The maximum absolute atomic E-state index is 11.5. The molecule has 32 heavy (non-hydrogen) atoms. The highest BCUT2D eigenvalue weighted by Crippen LogP contribution is 2.30. The lowest BCUT2D eigenvalue weighted by molar-refractivity contribution is -0.111. The van der Waals surface area contributed by atoms with Crippen molar-refractivity contribution < 1.29 is 9.53 Å². The number of carbonyl (C=O) groups excluding carboxylic acids is 1. The number of hydrogen-bond acceptors (Lipinski definition) is 7. The molecule has 5 aromatic rings. The van der Waals surface area contributed by atoms with Crippen molar-refractivity contribution >= 4 is 34.1 Å². The molecule has 1 aromatic carbocycles. The fraction of sp³-hybridized carbons (Fsp3) is 0. The van der Waals surface area contributed by atoms with Crippen LogP contribution in [0, 0.1) is 0 Å². The summed E-state index contributed by atoms with van der Waals surface area (Å²) in [5, 5.41) is 5.49. The van der Waals surface area contributed by atoms with Crippen molar-refractivity contribution in [2.45, 2.75) is 0 Å². The van der Waals surface area contributed by atoms with E-state index in [-0.39, 0.29) is 5.91 Å². The molecule has 0 saturated carbocycles. The van der Waals surface area contributed by atoms with E-state index in [4.69, 9.17) is 4.74 Å². The van der Waals surface area contributed by atoms with Crippen LogP contribution in [-0.4, -0.2) is 30.8 Å². The molecule has 0 spiro atoms. The van der Waals surface area contributed by atoms with Crippen LogP contribution in [0.4, 0.5) is 5.69 Å². The quantitative estimate of drug-likeness (QED) is 0.358. The van der Waals surface area contributed by atoms with Gasteiger partial charge in [-0.1, -0.05) is 18.7 Å². The number of hydrogen-bond donors (Lipinski definition) is 2. The second-order valence-corrected chi connectivity index (χ2v) is 7.60. The zero-order valence-electron chi connectivity index (χ0n) is 16.6. The van der Waals surface area contributed by atoms with E-state index in [1.165, 1.54) is 6.08 Å². The van der Waals surface area contributed by atoms with E-state index >= 15 is 0 Å². The van der Waals surface area contributed by atoms with E-state index in [0.29, 0.717) is 28.5 Å². The highest BCUT2D eigenvalue weighted by molar-refractivity contribution is 7.13. The van der Waals surface area contributed by atoms with Gasteiger partial charge in [-0.2, -0.15) is 0 Å². The van der Waals surface area contributed by atoms with Crippen molar-refractivity contribution in [2.75, 3.05) is 5.32 Å². The zero-order valence-corrected chi connectivity index (χ0v) is 17.5. The number of nitrogens with one attached hydrogen (secondary N) is 2. The van der Waals surface area contributed by atoms with Gasteiger partial charge in [-0.05, 0) is 24.3 Å². The van der Waals surface area contributed by atoms with Crippen LogP contribution in [0.15, 0.2) is 79.2 Å². The largest absolute Gasteiger partial charge is 0.437 e. The van der Waals surface area contributed by atoms with Crippen molar-refractivity contribution in [1.82, 2.24) is 24.9 Å². The van der Waals surface area contributed by atoms with Gasteiger partial charge in [-0.15, -0.1) is 11.3 Å². The highest BCUT2D eigenvalue weighted by Gasteiger charge is 2.12. The molecule has 4 heterocycles. The summed E-state index contributed by atoms with van der Waals surface area (Å²) >= 11 is 1.54. The molecule has 2 N–H and O–H groups in total. The molecule has 0 unspecified atom stereocenters. The van der Waals surface area contributed by atoms with Crippen LogP contribution in [-0.2, 0) is 4.79 Å². The average Bonchev–Trinajstić information content (AvgIpc) is 3.50. The second-order valence-electron chi connectivity index (χ2n) is 6.70. The van der Waals surface area contributed by atoms with Gasteiger partial charge in [-0.3, -0.25) is 9.78 Å². The van der Waals surface area contributed by atoms with Gasteiger partial charge < -0.3 is 15.0 Å². The summed E-state index contributed by atoms with van der Waals surface area (Å²) in [6, 6.07) is 10.9. The second kappa shape index (κ2) is 8.40. The monoisotopic (exact) mass is 440 g/mol. The Kier molecular flexibility index (Phi) is 5.14. The Morgan fingerprint density at radius 1 is 1.16 bits per heavy atom. The first kappa shape index (κ1) is 19.6. The predicted molar refractivity (Wildman–Crippen MR) is 124 cm³/mol. The number of pyridine rings is 1. The van der Waals surface area contributed by atoms with Crippen molar-refractivity contribution in [2.24, 2.45) is 0 Å². The third-order valence-corrected chi connectivity index (χ3v) is 5.39. The maximum Gasteiger partial charge on any atom is 0.247 e. The number of thiazole rings is 1. The number of amides is 1. The molecule has 0 radical (unpaired) electrons. The number of aromatic amines is 1. The van der Waals surface area contributed by atoms with E-state index in [0.717, 1.165) is 21.8 Å². The lowest BCUT2D eigenvalue weighted by Crippen LogP contribution is -2.07. The number of carbonyl (C=O) groups is 1. The van der Waals surface area contributed by atoms with Gasteiger partial charge in [0.25, 0.3) is 0 Å². The molecule has 0 atom stereocenters. The molecule has 4 aromatic heterocycles. The summed E-state index contributed by atoms with van der Waals surface area (Å²) < 4.78 is 5.88. The van der Waals surface area contributed by atoms with E-state index < -0.39 is 0 Å². The van der Waals surface area contributed by atoms with Crippen molar-refractivity contribution in [1.29, 1.82) is 0 Å². The molecular weight excluding hydrogens is 424 g/mol. The number of ether oxygens (including phenoxy) is 1. The maximum atomic E-state index is 11.5. The summed E-state index contributed by atoms with van der Waals surface area (Å²) in [6.07, 6.45) is 8.15. The molecule has 0 bridgehead atoms. The van der Waals surface area contributed by atoms with E-state index in [2.05, 4.69) is 36.8 Å². The molecule has 9 heteroatoms. The fourth-order valence-electron chi connectivity index (χ4n) is 3.13. The Bertz CT molecular complexity index is 1410. The minimum atomic E-state index is -0.296. The van der Waals surface area contributed by atoms with Crippen molar-refractivity contribution in [3.05, 3.63) is 79.2 Å². The molecule has 0 fully saturated rings. The molecule has 0 saturated heterocycles. The Balaban J connectivity index is 1.42. The third kappa shape index (κ3) is 3.96. The SMILES string of the molecule is C=CC(=O)Nc1cccc(Oc2cnc3[nH]cc(-c4ccc(-c5nccs5)nc4)c3n2)c1. The number of H-pyrrole nitrogens is 1. The smallest absolute Gasteiger partial charge is 0.247 e. The molecule has 156 valence electrons. The van der Waals surface area contributed by atoms with E-state index in [1.807, 2.05) is 23.7 Å². The first-order valence-electron chi connectivity index (χ1n) is 9.61. The van der Waals surface area contributed by atoms with Gasteiger partial charge in [0.05, 0.1) is 11.9 Å². The number of aromatic nitrogens is 5. The van der Waals surface area contributed by atoms with Gasteiger partial charge in [0.15, 0.2) is 5.65 Å². The number of benzene rings is 1. The molecular formula is C23H16N6O2S. The van der Waals surface area contributed by atoms with Crippen molar-refractivity contribution in [3.63, 3.8) is 0 Å².